The van der Waals surface area contributed by atoms with E-state index in [9.17, 15) is 4.79 Å². The number of hydrogen-bond donors (Lipinski definition) is 1. The fourth-order valence-electron chi connectivity index (χ4n) is 5.62. The van der Waals surface area contributed by atoms with E-state index in [0.717, 1.165) is 12.0 Å². The quantitative estimate of drug-likeness (QED) is 0.329. The van der Waals surface area contributed by atoms with Gasteiger partial charge in [-0.15, -0.1) is 0 Å². The van der Waals surface area contributed by atoms with Gasteiger partial charge in [0.1, 0.15) is 13.0 Å². The summed E-state index contributed by atoms with van der Waals surface area (Å²) in [5.41, 5.74) is -0.104. The van der Waals surface area contributed by atoms with Gasteiger partial charge >= 0.3 is 5.97 Å². The van der Waals surface area contributed by atoms with Gasteiger partial charge in [0.15, 0.2) is 17.6 Å². The summed E-state index contributed by atoms with van der Waals surface area (Å²) in [6.07, 6.45) is 2.29. The van der Waals surface area contributed by atoms with Crippen LogP contribution in [0.3, 0.4) is 0 Å². The molecule has 8 nitrogen and oxygen atoms in total. The van der Waals surface area contributed by atoms with Crippen LogP contribution in [0, 0.1) is 17.9 Å². The third-order valence-electron chi connectivity index (χ3n) is 7.22. The molecule has 3 aliphatic rings. The molecule has 1 aromatic carbocycles. The maximum atomic E-state index is 12.5. The first-order chi connectivity index (χ1) is 16.3. The first-order valence-electron chi connectivity index (χ1n) is 12.1. The van der Waals surface area contributed by atoms with E-state index >= 15 is 0 Å². The number of para-hydroxylation sites is 1. The molecule has 2 aliphatic heterocycles. The van der Waals surface area contributed by atoms with E-state index in [1.54, 1.807) is 13.7 Å². The molecule has 3 atom stereocenters. The summed E-state index contributed by atoms with van der Waals surface area (Å²) in [6, 6.07) is 5.92. The molecule has 1 N–H and O–H groups in total. The molecule has 1 aromatic rings. The molecule has 2 heterocycles. The molecule has 0 bridgehead atoms. The third kappa shape index (κ3) is 4.37. The van der Waals surface area contributed by atoms with Crippen molar-refractivity contribution in [3.05, 3.63) is 30.4 Å². The van der Waals surface area contributed by atoms with Crippen LogP contribution in [0.25, 0.3) is 0 Å². The van der Waals surface area contributed by atoms with Gasteiger partial charge in [-0.2, -0.15) is 4.74 Å². The Kier molecular flexibility index (Phi) is 7.33. The molecule has 1 aliphatic carbocycles. The highest BCUT2D eigenvalue weighted by Gasteiger charge is 2.67. The minimum absolute atomic E-state index is 0.0361. The smallest absolute Gasteiger partial charge is 0.311 e. The summed E-state index contributed by atoms with van der Waals surface area (Å²) < 4.78 is 36.0. The second kappa shape index (κ2) is 9.93. The molecule has 4 rings (SSSR count). The molecule has 1 saturated carbocycles. The molecule has 0 amide bonds. The number of methoxy groups -OCH3 is 1. The first kappa shape index (κ1) is 25.1. The highest BCUT2D eigenvalue weighted by atomic mass is 16.8. The molecule has 8 heteroatoms. The van der Waals surface area contributed by atoms with E-state index in [4.69, 9.17) is 33.5 Å². The Balaban J connectivity index is 1.72. The summed E-state index contributed by atoms with van der Waals surface area (Å²) in [6.45, 7) is 8.81. The molecule has 188 valence electrons. The van der Waals surface area contributed by atoms with Crippen molar-refractivity contribution in [1.29, 1.82) is 0 Å². The molecule has 0 aromatic heterocycles. The lowest BCUT2D eigenvalue weighted by Gasteiger charge is -2.50. The Labute approximate surface area is 201 Å². The van der Waals surface area contributed by atoms with Gasteiger partial charge in [-0.1, -0.05) is 12.1 Å². The van der Waals surface area contributed by atoms with Crippen LogP contribution in [0.15, 0.2) is 18.2 Å². The van der Waals surface area contributed by atoms with Crippen molar-refractivity contribution in [3.8, 4) is 11.5 Å². The lowest BCUT2D eigenvalue weighted by molar-refractivity contribution is -0.252. The average molecular weight is 478 g/mol. The first-order valence-corrected chi connectivity index (χ1v) is 12.1. The van der Waals surface area contributed by atoms with E-state index < -0.39 is 22.7 Å². The van der Waals surface area contributed by atoms with Gasteiger partial charge in [-0.05, 0) is 39.7 Å². The molecule has 0 radical (unpaired) electrons. The van der Waals surface area contributed by atoms with Crippen LogP contribution in [0.2, 0.25) is 0 Å². The molecular weight excluding hydrogens is 440 g/mol. The molecular formula is C26H37O8+. The van der Waals surface area contributed by atoms with Crippen LogP contribution in [-0.4, -0.2) is 63.1 Å². The predicted octanol–water partition coefficient (Wildman–Crippen LogP) is 3.39. The second-order valence-electron chi connectivity index (χ2n) is 10.3. The normalized spacial score (nSPS) is 27.1. The lowest BCUT2D eigenvalue weighted by Crippen LogP contribution is -2.62. The number of rotatable bonds is 9. The van der Waals surface area contributed by atoms with E-state index in [2.05, 4.69) is 6.07 Å². The van der Waals surface area contributed by atoms with Crippen LogP contribution in [0.5, 0.6) is 11.5 Å². The van der Waals surface area contributed by atoms with Gasteiger partial charge in [0.2, 0.25) is 12.4 Å². The minimum atomic E-state index is -0.861. The number of fused-ring (bicyclic) bond motifs is 4. The van der Waals surface area contributed by atoms with Gasteiger partial charge < -0.3 is 28.8 Å². The van der Waals surface area contributed by atoms with E-state index in [0.29, 0.717) is 44.0 Å². The monoisotopic (exact) mass is 477 g/mol. The van der Waals surface area contributed by atoms with Gasteiger partial charge in [0, 0.05) is 17.9 Å². The Bertz CT molecular complexity index is 857. The van der Waals surface area contributed by atoms with Crippen molar-refractivity contribution >= 4 is 5.97 Å². The SMILES string of the molecule is COc1cccc2c1O[C@H]1C3(CC[C@@H](C[CH+]OCCO)[C@@]21CCOC(=O)C(C)(C)C)OCCO3. The molecule has 34 heavy (non-hydrogen) atoms. The number of esters is 1. The van der Waals surface area contributed by atoms with E-state index in [-0.39, 0.29) is 31.7 Å². The number of aliphatic hydroxyl groups excluding tert-OH is 1. The average Bonchev–Trinajstić information content (AvgIpc) is 3.42. The van der Waals surface area contributed by atoms with Crippen molar-refractivity contribution < 1.29 is 38.3 Å². The van der Waals surface area contributed by atoms with Crippen LogP contribution < -0.4 is 9.47 Å². The summed E-state index contributed by atoms with van der Waals surface area (Å²) in [7, 11) is 1.63. The summed E-state index contributed by atoms with van der Waals surface area (Å²) in [5.74, 6) is 0.375. The standard InChI is InChI=1S/C26H37O8/c1-24(2,3)23(28)31-14-11-25-18(9-13-30-15-12-27)8-10-26(32-16-17-33-26)22(25)34-21-19(25)6-5-7-20(21)29-4/h5-7,13,18,22,27H,8-12,14-17H2,1-4H3/q+1/t18-,22+,25-/m0/s1. The van der Waals surface area contributed by atoms with E-state index in [1.807, 2.05) is 32.9 Å². The number of ether oxygens (including phenoxy) is 6. The highest BCUT2D eigenvalue weighted by Crippen LogP contribution is 2.62. The second-order valence-corrected chi connectivity index (χ2v) is 10.3. The van der Waals surface area contributed by atoms with Crippen molar-refractivity contribution in [3.63, 3.8) is 0 Å². The number of benzene rings is 1. The maximum Gasteiger partial charge on any atom is 0.311 e. The molecule has 1 spiro atoms. The van der Waals surface area contributed by atoms with Crippen molar-refractivity contribution in [1.82, 2.24) is 0 Å². The van der Waals surface area contributed by atoms with Crippen LogP contribution in [-0.2, 0) is 29.2 Å². The van der Waals surface area contributed by atoms with Crippen molar-refractivity contribution in [2.75, 3.05) is 40.1 Å². The summed E-state index contributed by atoms with van der Waals surface area (Å²) in [5, 5.41) is 9.10. The Morgan fingerprint density at radius 1 is 1.24 bits per heavy atom. The number of carbonyl (C=O) groups excluding carboxylic acids is 1. The highest BCUT2D eigenvalue weighted by molar-refractivity contribution is 5.75. The zero-order chi connectivity index (χ0) is 24.4. The topological polar surface area (TPSA) is 92.7 Å². The Morgan fingerprint density at radius 3 is 2.68 bits per heavy atom. The van der Waals surface area contributed by atoms with Crippen molar-refractivity contribution in [2.24, 2.45) is 11.3 Å². The summed E-state index contributed by atoms with van der Waals surface area (Å²) >= 11 is 0. The zero-order valence-electron chi connectivity index (χ0n) is 20.6. The Morgan fingerprint density at radius 2 is 2.00 bits per heavy atom. The fraction of sp³-hybridized carbons (Fsp3) is 0.692. The minimum Gasteiger partial charge on any atom is -0.493 e. The molecule has 0 unspecified atom stereocenters. The van der Waals surface area contributed by atoms with Crippen LogP contribution in [0.1, 0.15) is 52.0 Å². The number of aliphatic hydroxyl groups is 1. The fourth-order valence-corrected chi connectivity index (χ4v) is 5.62. The van der Waals surface area contributed by atoms with Gasteiger partial charge in [-0.25, -0.2) is 0 Å². The van der Waals surface area contributed by atoms with Crippen LogP contribution in [0.4, 0.5) is 0 Å². The maximum absolute atomic E-state index is 12.5. The van der Waals surface area contributed by atoms with Gasteiger partial charge in [0.25, 0.3) is 0 Å². The van der Waals surface area contributed by atoms with Gasteiger partial charge in [0.05, 0.1) is 44.4 Å². The van der Waals surface area contributed by atoms with Crippen molar-refractivity contribution in [2.45, 2.75) is 63.8 Å². The van der Waals surface area contributed by atoms with Crippen LogP contribution >= 0.6 is 0 Å². The molecule has 1 saturated heterocycles. The summed E-state index contributed by atoms with van der Waals surface area (Å²) in [4.78, 5) is 12.5. The molecule has 2 fully saturated rings. The lowest BCUT2D eigenvalue weighted by atomic mass is 9.57. The largest absolute Gasteiger partial charge is 0.493 e. The van der Waals surface area contributed by atoms with Gasteiger partial charge in [-0.3, -0.25) is 4.79 Å². The third-order valence-corrected chi connectivity index (χ3v) is 7.22. The zero-order valence-corrected chi connectivity index (χ0v) is 20.6. The number of carbonyl (C=O) groups is 1. The number of hydrogen-bond acceptors (Lipinski definition) is 8. The Hall–Kier alpha value is -2.00. The van der Waals surface area contributed by atoms with E-state index in [1.165, 1.54) is 0 Å². The predicted molar refractivity (Wildman–Crippen MR) is 123 cm³/mol.